The zero-order valence-corrected chi connectivity index (χ0v) is 7.42. The van der Waals surface area contributed by atoms with Crippen molar-refractivity contribution >= 4 is 11.5 Å². The van der Waals surface area contributed by atoms with Crippen LogP contribution in [0.2, 0.25) is 0 Å². The Hall–Kier alpha value is -1.18. The van der Waals surface area contributed by atoms with Crippen LogP contribution in [0.3, 0.4) is 0 Å². The van der Waals surface area contributed by atoms with Gasteiger partial charge in [0, 0.05) is 11.3 Å². The standard InChI is InChI=1S/C10H13NO/c1-7-5-9(8(2)12)3-4-10(11)6-7/h3-5,7,11H,6H2,1-2H3. The summed E-state index contributed by atoms with van der Waals surface area (Å²) in [6, 6.07) is 0. The van der Waals surface area contributed by atoms with E-state index in [-0.39, 0.29) is 5.78 Å². The highest BCUT2D eigenvalue weighted by Gasteiger charge is 2.09. The quantitative estimate of drug-likeness (QED) is 0.632. The lowest BCUT2D eigenvalue weighted by Crippen LogP contribution is -1.98. The minimum absolute atomic E-state index is 0.0767. The number of hydrogen-bond donors (Lipinski definition) is 1. The van der Waals surface area contributed by atoms with Crippen LogP contribution in [0.25, 0.3) is 0 Å². The van der Waals surface area contributed by atoms with E-state index in [1.807, 2.05) is 13.0 Å². The topological polar surface area (TPSA) is 40.9 Å². The molecule has 0 fully saturated rings. The van der Waals surface area contributed by atoms with Gasteiger partial charge < -0.3 is 5.41 Å². The normalized spacial score (nSPS) is 23.3. The highest BCUT2D eigenvalue weighted by Crippen LogP contribution is 2.14. The molecule has 64 valence electrons. The largest absolute Gasteiger partial charge is 0.305 e. The summed E-state index contributed by atoms with van der Waals surface area (Å²) in [7, 11) is 0. The molecule has 1 aliphatic carbocycles. The summed E-state index contributed by atoms with van der Waals surface area (Å²) >= 11 is 0. The third-order valence-electron chi connectivity index (χ3n) is 1.88. The lowest BCUT2D eigenvalue weighted by Gasteiger charge is -2.01. The van der Waals surface area contributed by atoms with Crippen LogP contribution in [-0.4, -0.2) is 11.5 Å². The summed E-state index contributed by atoms with van der Waals surface area (Å²) in [6.07, 6.45) is 6.10. The van der Waals surface area contributed by atoms with Gasteiger partial charge in [-0.05, 0) is 31.4 Å². The van der Waals surface area contributed by atoms with Gasteiger partial charge in [-0.15, -0.1) is 0 Å². The maximum Gasteiger partial charge on any atom is 0.159 e. The molecule has 0 aromatic rings. The molecule has 0 radical (unpaired) electrons. The molecule has 0 heterocycles. The third kappa shape index (κ3) is 2.16. The van der Waals surface area contributed by atoms with Gasteiger partial charge in [0.15, 0.2) is 5.78 Å². The van der Waals surface area contributed by atoms with E-state index >= 15 is 0 Å². The smallest absolute Gasteiger partial charge is 0.159 e. The first kappa shape index (κ1) is 8.91. The first-order chi connectivity index (χ1) is 5.59. The minimum Gasteiger partial charge on any atom is -0.305 e. The average molecular weight is 163 g/mol. The van der Waals surface area contributed by atoms with E-state index in [0.29, 0.717) is 11.6 Å². The average Bonchev–Trinajstić information content (AvgIpc) is 2.11. The van der Waals surface area contributed by atoms with Crippen LogP contribution in [0.4, 0.5) is 0 Å². The van der Waals surface area contributed by atoms with E-state index in [4.69, 9.17) is 5.41 Å². The molecule has 2 nitrogen and oxygen atoms in total. The fraction of sp³-hybridized carbons (Fsp3) is 0.400. The predicted octanol–water partition coefficient (Wildman–Crippen LogP) is 2.12. The number of nitrogens with one attached hydrogen (secondary N) is 1. The number of allylic oxidation sites excluding steroid dienone is 4. The Kier molecular flexibility index (Phi) is 2.58. The predicted molar refractivity (Wildman–Crippen MR) is 49.4 cm³/mol. The Morgan fingerprint density at radius 3 is 2.83 bits per heavy atom. The monoisotopic (exact) mass is 163 g/mol. The van der Waals surface area contributed by atoms with Crippen molar-refractivity contribution in [1.29, 1.82) is 5.41 Å². The molecule has 0 bridgehead atoms. The van der Waals surface area contributed by atoms with Crippen molar-refractivity contribution in [1.82, 2.24) is 0 Å². The molecule has 1 N–H and O–H groups in total. The Balaban J connectivity index is 2.91. The first-order valence-electron chi connectivity index (χ1n) is 4.08. The number of ketones is 1. The molecule has 0 aromatic carbocycles. The van der Waals surface area contributed by atoms with Crippen LogP contribution in [0.15, 0.2) is 23.8 Å². The lowest BCUT2D eigenvalue weighted by atomic mass is 10.0. The molecule has 0 aromatic heterocycles. The number of carbonyl (C=O) groups excluding carboxylic acids is 1. The van der Waals surface area contributed by atoms with Crippen LogP contribution in [0.1, 0.15) is 20.3 Å². The number of hydrogen-bond acceptors (Lipinski definition) is 2. The maximum absolute atomic E-state index is 11.0. The van der Waals surface area contributed by atoms with Gasteiger partial charge in [-0.2, -0.15) is 0 Å². The summed E-state index contributed by atoms with van der Waals surface area (Å²) < 4.78 is 0. The van der Waals surface area contributed by atoms with Crippen molar-refractivity contribution in [2.75, 3.05) is 0 Å². The van der Waals surface area contributed by atoms with Crippen molar-refractivity contribution in [3.05, 3.63) is 23.8 Å². The van der Waals surface area contributed by atoms with Crippen LogP contribution in [-0.2, 0) is 4.79 Å². The minimum atomic E-state index is 0.0767. The van der Waals surface area contributed by atoms with Gasteiger partial charge in [-0.1, -0.05) is 13.0 Å². The fourth-order valence-corrected chi connectivity index (χ4v) is 1.26. The summed E-state index contributed by atoms with van der Waals surface area (Å²) in [5.74, 6) is 0.374. The Bertz CT molecular complexity index is 274. The molecule has 0 saturated carbocycles. The van der Waals surface area contributed by atoms with E-state index in [2.05, 4.69) is 0 Å². The number of carbonyl (C=O) groups is 1. The molecule has 0 spiro atoms. The van der Waals surface area contributed by atoms with Gasteiger partial charge in [-0.25, -0.2) is 0 Å². The highest BCUT2D eigenvalue weighted by atomic mass is 16.1. The molecular weight excluding hydrogens is 150 g/mol. The third-order valence-corrected chi connectivity index (χ3v) is 1.88. The lowest BCUT2D eigenvalue weighted by molar-refractivity contribution is -0.113. The zero-order chi connectivity index (χ0) is 9.14. The second-order valence-corrected chi connectivity index (χ2v) is 3.22. The number of rotatable bonds is 1. The number of Topliss-reactive ketones (excluding diaryl/α,β-unsaturated/α-hetero) is 1. The Morgan fingerprint density at radius 2 is 2.25 bits per heavy atom. The van der Waals surface area contributed by atoms with E-state index < -0.39 is 0 Å². The highest BCUT2D eigenvalue weighted by molar-refractivity contribution is 6.00. The summed E-state index contributed by atoms with van der Waals surface area (Å²) in [6.45, 7) is 3.57. The molecule has 0 saturated heterocycles. The van der Waals surface area contributed by atoms with Gasteiger partial charge in [-0.3, -0.25) is 4.79 Å². The molecule has 1 aliphatic rings. The van der Waals surface area contributed by atoms with E-state index in [9.17, 15) is 4.79 Å². The van der Waals surface area contributed by atoms with Crippen molar-refractivity contribution in [3.8, 4) is 0 Å². The maximum atomic E-state index is 11.0. The summed E-state index contributed by atoms with van der Waals surface area (Å²) in [5.41, 5.74) is 1.32. The second kappa shape index (κ2) is 3.48. The Labute approximate surface area is 72.5 Å². The summed E-state index contributed by atoms with van der Waals surface area (Å²) in [5, 5.41) is 7.46. The molecule has 0 aliphatic heterocycles. The van der Waals surface area contributed by atoms with Crippen molar-refractivity contribution in [2.24, 2.45) is 5.92 Å². The summed E-state index contributed by atoms with van der Waals surface area (Å²) in [4.78, 5) is 11.0. The molecule has 2 heteroatoms. The van der Waals surface area contributed by atoms with Crippen molar-refractivity contribution < 1.29 is 4.79 Å². The van der Waals surface area contributed by atoms with Gasteiger partial charge >= 0.3 is 0 Å². The van der Waals surface area contributed by atoms with Crippen molar-refractivity contribution in [2.45, 2.75) is 20.3 Å². The second-order valence-electron chi connectivity index (χ2n) is 3.22. The van der Waals surface area contributed by atoms with Gasteiger partial charge in [0.2, 0.25) is 0 Å². The molecule has 12 heavy (non-hydrogen) atoms. The van der Waals surface area contributed by atoms with E-state index in [0.717, 1.165) is 12.0 Å². The zero-order valence-electron chi connectivity index (χ0n) is 7.42. The first-order valence-corrected chi connectivity index (χ1v) is 4.08. The van der Waals surface area contributed by atoms with Crippen LogP contribution >= 0.6 is 0 Å². The SMILES string of the molecule is CC(=O)C1=CC(C)CC(=N)C=C1. The molecule has 1 unspecified atom stereocenters. The van der Waals surface area contributed by atoms with Gasteiger partial charge in [0.1, 0.15) is 0 Å². The van der Waals surface area contributed by atoms with Gasteiger partial charge in [0.05, 0.1) is 0 Å². The molecule has 1 rings (SSSR count). The van der Waals surface area contributed by atoms with E-state index in [1.165, 1.54) is 0 Å². The molecular formula is C10H13NO. The fourth-order valence-electron chi connectivity index (χ4n) is 1.26. The van der Waals surface area contributed by atoms with Crippen LogP contribution < -0.4 is 0 Å². The van der Waals surface area contributed by atoms with E-state index in [1.54, 1.807) is 19.1 Å². The van der Waals surface area contributed by atoms with Crippen LogP contribution in [0.5, 0.6) is 0 Å². The van der Waals surface area contributed by atoms with Crippen molar-refractivity contribution in [3.63, 3.8) is 0 Å². The van der Waals surface area contributed by atoms with Crippen LogP contribution in [0, 0.1) is 11.3 Å². The molecule has 0 amide bonds. The Morgan fingerprint density at radius 1 is 1.58 bits per heavy atom. The molecule has 1 atom stereocenters. The van der Waals surface area contributed by atoms with Gasteiger partial charge in [0.25, 0.3) is 0 Å².